The molecule has 2 heterocycles. The minimum absolute atomic E-state index is 0.160. The smallest absolute Gasteiger partial charge is 0.293 e. The summed E-state index contributed by atoms with van der Waals surface area (Å²) < 4.78 is 11.2. The molecule has 1 atom stereocenters. The minimum atomic E-state index is -0.537. The van der Waals surface area contributed by atoms with Crippen LogP contribution in [0.25, 0.3) is 0 Å². The monoisotopic (exact) mass is 412 g/mol. The van der Waals surface area contributed by atoms with Gasteiger partial charge in [-0.1, -0.05) is 12.1 Å². The largest absolute Gasteiger partial charge is 0.458 e. The normalized spacial score (nSPS) is 15.4. The van der Waals surface area contributed by atoms with E-state index in [1.54, 1.807) is 6.92 Å². The van der Waals surface area contributed by atoms with E-state index in [2.05, 4.69) is 15.3 Å². The highest BCUT2D eigenvalue weighted by atomic mass is 16.5. The average molecular weight is 412 g/mol. The summed E-state index contributed by atoms with van der Waals surface area (Å²) in [6.07, 6.45) is 4.73. The van der Waals surface area contributed by atoms with Crippen molar-refractivity contribution >= 4 is 17.9 Å². The molecule has 1 aliphatic heterocycles. The maximum Gasteiger partial charge on any atom is 0.293 e. The van der Waals surface area contributed by atoms with Crippen molar-refractivity contribution in [1.82, 2.24) is 15.3 Å². The Kier molecular flexibility index (Phi) is 7.73. The number of piperidine rings is 1. The minimum Gasteiger partial charge on any atom is -0.458 e. The van der Waals surface area contributed by atoms with E-state index >= 15 is 0 Å². The molecule has 0 saturated carbocycles. The van der Waals surface area contributed by atoms with Crippen LogP contribution in [0.1, 0.15) is 50.0 Å². The number of anilines is 1. The quantitative estimate of drug-likeness (QED) is 0.572. The Bertz CT molecular complexity index is 851. The van der Waals surface area contributed by atoms with Crippen LogP contribution >= 0.6 is 0 Å². The van der Waals surface area contributed by atoms with E-state index in [0.29, 0.717) is 43.1 Å². The number of hydrogen-bond donors (Lipinski definition) is 2. The average Bonchev–Trinajstić information content (AvgIpc) is 2.75. The summed E-state index contributed by atoms with van der Waals surface area (Å²) in [5, 5.41) is 3.33. The number of nitrogen functional groups attached to an aromatic ring is 1. The van der Waals surface area contributed by atoms with Gasteiger partial charge in [-0.2, -0.15) is 4.98 Å². The molecule has 8 nitrogen and oxygen atoms in total. The molecular formula is C22H28N4O4. The third kappa shape index (κ3) is 6.00. The molecule has 0 aliphatic carbocycles. The number of carbonyl (C=O) groups is 2. The zero-order chi connectivity index (χ0) is 21.3. The Labute approximate surface area is 176 Å². The lowest BCUT2D eigenvalue weighted by Gasteiger charge is -2.26. The van der Waals surface area contributed by atoms with Gasteiger partial charge >= 0.3 is 0 Å². The van der Waals surface area contributed by atoms with Gasteiger partial charge in [-0.25, -0.2) is 4.98 Å². The number of aromatic nitrogens is 2. The molecule has 1 aromatic heterocycles. The molecule has 3 N–H and O–H groups in total. The molecule has 8 heteroatoms. The molecule has 160 valence electrons. The molecule has 1 unspecified atom stereocenters. The van der Waals surface area contributed by atoms with E-state index in [0.717, 1.165) is 31.5 Å². The number of ketones is 1. The highest BCUT2D eigenvalue weighted by Crippen LogP contribution is 2.35. The number of nitrogens with one attached hydrogen (secondary N) is 1. The van der Waals surface area contributed by atoms with Gasteiger partial charge < -0.3 is 25.3 Å². The van der Waals surface area contributed by atoms with Gasteiger partial charge in [-0.3, -0.25) is 4.79 Å². The molecule has 1 aromatic carbocycles. The Morgan fingerprint density at radius 1 is 1.27 bits per heavy atom. The van der Waals surface area contributed by atoms with Gasteiger partial charge in [-0.15, -0.1) is 0 Å². The van der Waals surface area contributed by atoms with Crippen molar-refractivity contribution in [1.29, 1.82) is 0 Å². The molecule has 0 spiro atoms. The second kappa shape index (κ2) is 10.7. The Morgan fingerprint density at radius 2 is 2.00 bits per heavy atom. The predicted molar refractivity (Wildman–Crippen MR) is 112 cm³/mol. The third-order valence-electron chi connectivity index (χ3n) is 5.31. The topological polar surface area (TPSA) is 116 Å². The van der Waals surface area contributed by atoms with Crippen molar-refractivity contribution in [3.05, 3.63) is 41.9 Å². The maximum absolute atomic E-state index is 11.1. The van der Waals surface area contributed by atoms with E-state index in [-0.39, 0.29) is 17.4 Å². The van der Waals surface area contributed by atoms with Crippen LogP contribution in [0.4, 0.5) is 5.69 Å². The van der Waals surface area contributed by atoms with Crippen LogP contribution in [0.5, 0.6) is 11.6 Å². The van der Waals surface area contributed by atoms with E-state index in [1.807, 2.05) is 24.3 Å². The first kappa shape index (κ1) is 21.7. The molecule has 0 amide bonds. The lowest BCUT2D eigenvalue weighted by Crippen LogP contribution is -2.29. The molecule has 1 aliphatic rings. The third-order valence-corrected chi connectivity index (χ3v) is 5.31. The van der Waals surface area contributed by atoms with Gasteiger partial charge in [-0.05, 0) is 69.3 Å². The molecule has 3 rings (SSSR count). The van der Waals surface area contributed by atoms with Crippen LogP contribution < -0.4 is 15.8 Å². The highest BCUT2D eigenvalue weighted by Gasteiger charge is 2.25. The van der Waals surface area contributed by atoms with Crippen LogP contribution in [0, 0.1) is 5.92 Å². The zero-order valence-electron chi connectivity index (χ0n) is 17.2. The van der Waals surface area contributed by atoms with E-state index in [4.69, 9.17) is 15.2 Å². The Hall–Kier alpha value is -3.00. The van der Waals surface area contributed by atoms with Crippen molar-refractivity contribution < 1.29 is 19.1 Å². The number of nitrogens with two attached hydrogens (primary N) is 1. The van der Waals surface area contributed by atoms with Gasteiger partial charge in [0, 0.05) is 6.42 Å². The molecule has 1 saturated heterocycles. The number of benzene rings is 1. The highest BCUT2D eigenvalue weighted by molar-refractivity contribution is 5.75. The van der Waals surface area contributed by atoms with Crippen molar-refractivity contribution in [2.45, 2.75) is 45.1 Å². The van der Waals surface area contributed by atoms with Gasteiger partial charge in [0.25, 0.3) is 6.47 Å². The van der Waals surface area contributed by atoms with Gasteiger partial charge in [0.15, 0.2) is 0 Å². The summed E-state index contributed by atoms with van der Waals surface area (Å²) in [6.45, 7) is 3.93. The fourth-order valence-corrected chi connectivity index (χ4v) is 3.61. The van der Waals surface area contributed by atoms with Crippen LogP contribution in [0.15, 0.2) is 30.6 Å². The summed E-state index contributed by atoms with van der Waals surface area (Å²) in [4.78, 5) is 30.6. The molecule has 0 bridgehead atoms. The second-order valence-corrected chi connectivity index (χ2v) is 7.58. The van der Waals surface area contributed by atoms with E-state index in [1.165, 1.54) is 6.33 Å². The molecule has 2 aromatic rings. The summed E-state index contributed by atoms with van der Waals surface area (Å²) in [5.41, 5.74) is 8.06. The lowest BCUT2D eigenvalue weighted by molar-refractivity contribution is -0.135. The van der Waals surface area contributed by atoms with Crippen molar-refractivity contribution in [3.8, 4) is 11.6 Å². The fourth-order valence-electron chi connectivity index (χ4n) is 3.61. The summed E-state index contributed by atoms with van der Waals surface area (Å²) >= 11 is 0. The zero-order valence-corrected chi connectivity index (χ0v) is 17.2. The number of ether oxygens (including phenoxy) is 2. The van der Waals surface area contributed by atoms with Crippen LogP contribution in [0.2, 0.25) is 0 Å². The van der Waals surface area contributed by atoms with Gasteiger partial charge in [0.05, 0.1) is 0 Å². The van der Waals surface area contributed by atoms with Crippen molar-refractivity contribution in [3.63, 3.8) is 0 Å². The van der Waals surface area contributed by atoms with E-state index in [9.17, 15) is 9.59 Å². The van der Waals surface area contributed by atoms with Gasteiger partial charge in [0.1, 0.15) is 35.3 Å². The number of aryl methyl sites for hydroxylation is 1. The van der Waals surface area contributed by atoms with Crippen LogP contribution in [-0.2, 0) is 20.7 Å². The number of rotatable bonds is 10. The first-order chi connectivity index (χ1) is 14.6. The second-order valence-electron chi connectivity index (χ2n) is 7.58. The van der Waals surface area contributed by atoms with Crippen LogP contribution in [-0.4, -0.2) is 35.3 Å². The number of carbonyl (C=O) groups excluding carboxylic acids is 2. The first-order valence-corrected chi connectivity index (χ1v) is 10.2. The summed E-state index contributed by atoms with van der Waals surface area (Å²) in [6, 6.07) is 7.44. The summed E-state index contributed by atoms with van der Waals surface area (Å²) in [5.74, 6) is 1.39. The molecule has 0 radical (unpaired) electrons. The SMILES string of the molecule is CC(=O)CCc1ccc(Oc2ncnc(C(CC3CCNCC3)OC=O)c2N)cc1. The number of nitrogens with zero attached hydrogens (tertiary/aromatic N) is 2. The van der Waals surface area contributed by atoms with Crippen molar-refractivity contribution in [2.24, 2.45) is 5.92 Å². The molecular weight excluding hydrogens is 384 g/mol. The Balaban J connectivity index is 1.72. The summed E-state index contributed by atoms with van der Waals surface area (Å²) in [7, 11) is 0. The fraction of sp³-hybridized carbons (Fsp3) is 0.455. The standard InChI is InChI=1S/C22H28N4O4/c1-15(28)2-3-16-4-6-18(7-5-16)30-22-20(23)21(25-13-26-22)19(29-14-27)12-17-8-10-24-11-9-17/h4-7,13-14,17,19,24H,2-3,8-12,23H2,1H3. The molecule has 1 fully saturated rings. The number of Topliss-reactive ketones (excluding diaryl/α,β-unsaturated/α-hetero) is 1. The number of hydrogen-bond acceptors (Lipinski definition) is 8. The Morgan fingerprint density at radius 3 is 2.67 bits per heavy atom. The lowest BCUT2D eigenvalue weighted by atomic mass is 9.90. The predicted octanol–water partition coefficient (Wildman–Crippen LogP) is 2.98. The van der Waals surface area contributed by atoms with Crippen LogP contribution in [0.3, 0.4) is 0 Å². The first-order valence-electron chi connectivity index (χ1n) is 10.2. The van der Waals surface area contributed by atoms with E-state index < -0.39 is 6.10 Å². The maximum atomic E-state index is 11.1. The molecule has 30 heavy (non-hydrogen) atoms. The van der Waals surface area contributed by atoms with Gasteiger partial charge in [0.2, 0.25) is 5.88 Å². The van der Waals surface area contributed by atoms with Crippen molar-refractivity contribution in [2.75, 3.05) is 18.8 Å².